The highest BCUT2D eigenvalue weighted by molar-refractivity contribution is 7.88. The van der Waals surface area contributed by atoms with E-state index >= 15 is 0 Å². The Balaban J connectivity index is 1.77. The largest absolute Gasteiger partial charge is 0.310 e. The Labute approximate surface area is 150 Å². The van der Waals surface area contributed by atoms with E-state index < -0.39 is 10.0 Å². The Bertz CT molecular complexity index is 741. The summed E-state index contributed by atoms with van der Waals surface area (Å²) < 4.78 is 25.3. The summed E-state index contributed by atoms with van der Waals surface area (Å²) in [5.74, 6) is 0.135. The van der Waals surface area contributed by atoms with Crippen LogP contribution < -0.4 is 5.32 Å². The van der Waals surface area contributed by atoms with Crippen LogP contribution in [0.5, 0.6) is 0 Å². The first-order valence-corrected chi connectivity index (χ1v) is 10.9. The number of hydrogen-bond donors (Lipinski definition) is 1. The van der Waals surface area contributed by atoms with Crippen molar-refractivity contribution in [2.45, 2.75) is 39.3 Å². The molecule has 1 aromatic rings. The van der Waals surface area contributed by atoms with Crippen LogP contribution in [0.4, 0.5) is 0 Å². The van der Waals surface area contributed by atoms with Crippen molar-refractivity contribution in [1.82, 2.24) is 9.62 Å². The summed E-state index contributed by atoms with van der Waals surface area (Å²) in [5, 5.41) is 3.46. The number of carbonyl (C=O) groups is 1. The standard InChI is InChI=1S/C19H28N2O3S/c1-13(2)17-11-21(25(3,23)24)12-18(17)19(22)15-6-4-5-14(9-15)10-20-16-7-8-16/h4-6,9,13,16-18,20H,7-8,10-12H2,1-3H3/t17-,18?/m1/s1. The molecule has 0 amide bonds. The zero-order valence-corrected chi connectivity index (χ0v) is 16.1. The molecule has 138 valence electrons. The molecule has 3 rings (SSSR count). The average molecular weight is 365 g/mol. The van der Waals surface area contributed by atoms with Gasteiger partial charge in [0.25, 0.3) is 0 Å². The lowest BCUT2D eigenvalue weighted by atomic mass is 9.81. The van der Waals surface area contributed by atoms with Gasteiger partial charge in [-0.2, -0.15) is 0 Å². The maximum absolute atomic E-state index is 13.1. The Morgan fingerprint density at radius 2 is 2.00 bits per heavy atom. The fourth-order valence-electron chi connectivity index (χ4n) is 3.61. The van der Waals surface area contributed by atoms with Gasteiger partial charge in [-0.3, -0.25) is 4.79 Å². The molecule has 0 spiro atoms. The van der Waals surface area contributed by atoms with Crippen LogP contribution in [0.2, 0.25) is 0 Å². The first kappa shape index (κ1) is 18.5. The number of carbonyl (C=O) groups excluding carboxylic acids is 1. The molecular weight excluding hydrogens is 336 g/mol. The summed E-state index contributed by atoms with van der Waals surface area (Å²) in [6.07, 6.45) is 3.69. The van der Waals surface area contributed by atoms with Crippen LogP contribution in [-0.4, -0.2) is 43.9 Å². The van der Waals surface area contributed by atoms with E-state index in [9.17, 15) is 13.2 Å². The minimum absolute atomic E-state index is 0.0653. The number of ketones is 1. The Kier molecular flexibility index (Phi) is 5.32. The lowest BCUT2D eigenvalue weighted by Crippen LogP contribution is -2.29. The highest BCUT2D eigenvalue weighted by Crippen LogP contribution is 2.33. The predicted octanol–water partition coefficient (Wildman–Crippen LogP) is 2.28. The van der Waals surface area contributed by atoms with Crippen molar-refractivity contribution in [3.8, 4) is 0 Å². The third-order valence-electron chi connectivity index (χ3n) is 5.38. The van der Waals surface area contributed by atoms with Crippen molar-refractivity contribution in [3.63, 3.8) is 0 Å². The summed E-state index contributed by atoms with van der Waals surface area (Å²) in [7, 11) is -3.27. The number of nitrogens with one attached hydrogen (secondary N) is 1. The van der Waals surface area contributed by atoms with Crippen LogP contribution in [0.25, 0.3) is 0 Å². The summed E-state index contributed by atoms with van der Waals surface area (Å²) in [5.41, 5.74) is 1.80. The van der Waals surface area contributed by atoms with Gasteiger partial charge >= 0.3 is 0 Å². The molecule has 5 nitrogen and oxygen atoms in total. The second-order valence-electron chi connectivity index (χ2n) is 7.81. The average Bonchev–Trinajstić information content (AvgIpc) is 3.26. The molecule has 0 aromatic heterocycles. The summed E-state index contributed by atoms with van der Waals surface area (Å²) in [4.78, 5) is 13.1. The Morgan fingerprint density at radius 3 is 2.60 bits per heavy atom. The van der Waals surface area contributed by atoms with Crippen molar-refractivity contribution in [2.75, 3.05) is 19.3 Å². The third-order valence-corrected chi connectivity index (χ3v) is 6.61. The van der Waals surface area contributed by atoms with Gasteiger partial charge in [-0.1, -0.05) is 32.0 Å². The summed E-state index contributed by atoms with van der Waals surface area (Å²) in [6, 6.07) is 8.39. The second kappa shape index (κ2) is 7.17. The fourth-order valence-corrected chi connectivity index (χ4v) is 4.49. The maximum atomic E-state index is 13.1. The van der Waals surface area contributed by atoms with Gasteiger partial charge in [0, 0.05) is 37.2 Å². The molecule has 1 heterocycles. The number of nitrogens with zero attached hydrogens (tertiary/aromatic N) is 1. The van der Waals surface area contributed by atoms with Crippen LogP contribution in [0.1, 0.15) is 42.6 Å². The number of sulfonamides is 1. The van der Waals surface area contributed by atoms with E-state index in [2.05, 4.69) is 19.2 Å². The van der Waals surface area contributed by atoms with Crippen molar-refractivity contribution in [1.29, 1.82) is 0 Å². The molecule has 6 heteroatoms. The molecule has 1 saturated heterocycles. The Morgan fingerprint density at radius 1 is 1.28 bits per heavy atom. The lowest BCUT2D eigenvalue weighted by Gasteiger charge is -2.21. The van der Waals surface area contributed by atoms with Crippen LogP contribution in [0.3, 0.4) is 0 Å². The number of benzene rings is 1. The van der Waals surface area contributed by atoms with Gasteiger partial charge in [0.1, 0.15) is 0 Å². The van der Waals surface area contributed by atoms with Crippen LogP contribution in [0.15, 0.2) is 24.3 Å². The van der Waals surface area contributed by atoms with E-state index in [-0.39, 0.29) is 23.5 Å². The van der Waals surface area contributed by atoms with Crippen molar-refractivity contribution >= 4 is 15.8 Å². The number of Topliss-reactive ketones (excluding diaryl/α,β-unsaturated/α-hetero) is 1. The smallest absolute Gasteiger partial charge is 0.211 e. The molecular formula is C19H28N2O3S. The quantitative estimate of drug-likeness (QED) is 0.754. The first-order valence-electron chi connectivity index (χ1n) is 9.07. The minimum atomic E-state index is -3.27. The topological polar surface area (TPSA) is 66.5 Å². The number of rotatable bonds is 7. The zero-order chi connectivity index (χ0) is 18.2. The van der Waals surface area contributed by atoms with Crippen LogP contribution >= 0.6 is 0 Å². The predicted molar refractivity (Wildman–Crippen MR) is 98.9 cm³/mol. The Hall–Kier alpha value is -1.24. The second-order valence-corrected chi connectivity index (χ2v) is 9.80. The molecule has 2 fully saturated rings. The first-order chi connectivity index (χ1) is 11.8. The zero-order valence-electron chi connectivity index (χ0n) is 15.2. The van der Waals surface area contributed by atoms with Crippen molar-refractivity contribution in [2.24, 2.45) is 17.8 Å². The molecule has 2 aliphatic rings. The molecule has 1 aromatic carbocycles. The molecule has 25 heavy (non-hydrogen) atoms. The molecule has 2 atom stereocenters. The molecule has 1 aliphatic heterocycles. The van der Waals surface area contributed by atoms with Gasteiger partial charge in [0.15, 0.2) is 5.78 Å². The number of hydrogen-bond acceptors (Lipinski definition) is 4. The van der Waals surface area contributed by atoms with Gasteiger partial charge in [-0.15, -0.1) is 0 Å². The van der Waals surface area contributed by atoms with Crippen molar-refractivity contribution < 1.29 is 13.2 Å². The highest BCUT2D eigenvalue weighted by Gasteiger charge is 2.42. The molecule has 1 unspecified atom stereocenters. The van der Waals surface area contributed by atoms with Gasteiger partial charge in [0.2, 0.25) is 10.0 Å². The fraction of sp³-hybridized carbons (Fsp3) is 0.632. The third kappa shape index (κ3) is 4.49. The molecule has 0 radical (unpaired) electrons. The summed E-state index contributed by atoms with van der Waals surface area (Å²) >= 11 is 0. The van der Waals surface area contributed by atoms with E-state index in [0.717, 1.165) is 12.1 Å². The van der Waals surface area contributed by atoms with Crippen molar-refractivity contribution in [3.05, 3.63) is 35.4 Å². The molecule has 0 bridgehead atoms. The van der Waals surface area contributed by atoms with E-state index in [1.54, 1.807) is 0 Å². The van der Waals surface area contributed by atoms with Gasteiger partial charge < -0.3 is 5.32 Å². The van der Waals surface area contributed by atoms with Gasteiger partial charge in [0.05, 0.1) is 6.26 Å². The maximum Gasteiger partial charge on any atom is 0.211 e. The van der Waals surface area contributed by atoms with Gasteiger partial charge in [-0.25, -0.2) is 12.7 Å². The van der Waals surface area contributed by atoms with Gasteiger partial charge in [-0.05, 0) is 36.3 Å². The SMILES string of the molecule is CC(C)[C@H]1CN(S(C)(=O)=O)CC1C(=O)c1cccc(CNC2CC2)c1. The normalized spacial score (nSPS) is 24.8. The van der Waals surface area contributed by atoms with Crippen LogP contribution in [0, 0.1) is 17.8 Å². The van der Waals surface area contributed by atoms with E-state index in [1.165, 1.54) is 23.4 Å². The minimum Gasteiger partial charge on any atom is -0.310 e. The van der Waals surface area contributed by atoms with E-state index in [0.29, 0.717) is 24.7 Å². The summed E-state index contributed by atoms with van der Waals surface area (Å²) in [6.45, 7) is 5.64. The lowest BCUT2D eigenvalue weighted by molar-refractivity contribution is 0.0883. The molecule has 1 aliphatic carbocycles. The monoisotopic (exact) mass is 364 g/mol. The molecule has 1 saturated carbocycles. The molecule has 1 N–H and O–H groups in total. The van der Waals surface area contributed by atoms with E-state index in [1.807, 2.05) is 24.3 Å². The van der Waals surface area contributed by atoms with E-state index in [4.69, 9.17) is 0 Å². The highest BCUT2D eigenvalue weighted by atomic mass is 32.2. The van der Waals surface area contributed by atoms with Crippen LogP contribution in [-0.2, 0) is 16.6 Å².